The fraction of sp³-hybridized carbons (Fsp3) is 0.316. The summed E-state index contributed by atoms with van der Waals surface area (Å²) in [6, 6.07) is 3.15. The van der Waals surface area contributed by atoms with Gasteiger partial charge in [0.25, 0.3) is 0 Å². The highest BCUT2D eigenvalue weighted by Gasteiger charge is 2.41. The Kier molecular flexibility index (Phi) is 4.91. The van der Waals surface area contributed by atoms with Gasteiger partial charge in [0, 0.05) is 0 Å². The summed E-state index contributed by atoms with van der Waals surface area (Å²) in [5.41, 5.74) is 1.18. The number of phenols is 1. The maximum absolute atomic E-state index is 13.0. The van der Waals surface area contributed by atoms with E-state index < -0.39 is 18.0 Å². The van der Waals surface area contributed by atoms with Gasteiger partial charge >= 0.3 is 6.18 Å². The minimum Gasteiger partial charge on any atom is -0.504 e. The van der Waals surface area contributed by atoms with Crippen LogP contribution in [-0.4, -0.2) is 30.5 Å². The summed E-state index contributed by atoms with van der Waals surface area (Å²) in [5.74, 6) is -1.86. The van der Waals surface area contributed by atoms with Crippen molar-refractivity contribution in [3.8, 4) is 28.7 Å². The molecule has 0 fully saturated rings. The maximum Gasteiger partial charge on any atom is 0.395 e. The van der Waals surface area contributed by atoms with Gasteiger partial charge in [0.1, 0.15) is 12.0 Å². The van der Waals surface area contributed by atoms with E-state index in [-0.39, 0.29) is 23.0 Å². The lowest BCUT2D eigenvalue weighted by Gasteiger charge is -2.24. The number of ether oxygens (including phenoxy) is 2. The van der Waals surface area contributed by atoms with Gasteiger partial charge in [0.2, 0.25) is 11.6 Å². The van der Waals surface area contributed by atoms with Gasteiger partial charge in [-0.05, 0) is 23.6 Å². The van der Waals surface area contributed by atoms with E-state index in [1.54, 1.807) is 12.1 Å². The van der Waals surface area contributed by atoms with E-state index >= 15 is 0 Å². The molecule has 8 heteroatoms. The van der Waals surface area contributed by atoms with Crippen LogP contribution in [0, 0.1) is 11.8 Å². The number of nitrogens with zero attached hydrogens (tertiary/aromatic N) is 1. The summed E-state index contributed by atoms with van der Waals surface area (Å²) in [5, 5.41) is 10.4. The number of rotatable bonds is 4. The Labute approximate surface area is 153 Å². The topological polar surface area (TPSA) is 64.7 Å². The van der Waals surface area contributed by atoms with Crippen molar-refractivity contribution in [2.75, 3.05) is 14.2 Å². The van der Waals surface area contributed by atoms with Crippen LogP contribution < -0.4 is 9.47 Å². The molecule has 5 nitrogen and oxygen atoms in total. The number of aromatic hydroxyl groups is 1. The van der Waals surface area contributed by atoms with Crippen LogP contribution in [0.5, 0.6) is 17.2 Å². The van der Waals surface area contributed by atoms with Gasteiger partial charge in [-0.15, -0.1) is 0 Å². The lowest BCUT2D eigenvalue weighted by molar-refractivity contribution is -0.168. The molecule has 0 saturated carbocycles. The van der Waals surface area contributed by atoms with Gasteiger partial charge in [0.05, 0.1) is 25.7 Å². The Hall–Kier alpha value is -2.90. The molecule has 0 amide bonds. The maximum atomic E-state index is 13.0. The normalized spacial score (nSPS) is 19.7. The molecule has 2 unspecified atom stereocenters. The predicted octanol–water partition coefficient (Wildman–Crippen LogP) is 4.83. The number of phenolic OH excluding ortho intramolecular Hbond substituents is 1. The van der Waals surface area contributed by atoms with E-state index in [1.807, 2.05) is 0 Å². The molecule has 1 aliphatic carbocycles. The first-order valence-corrected chi connectivity index (χ1v) is 8.13. The molecule has 1 aliphatic rings. The molecule has 2 aromatic rings. The van der Waals surface area contributed by atoms with Crippen molar-refractivity contribution in [1.29, 1.82) is 0 Å². The molecule has 0 bridgehead atoms. The van der Waals surface area contributed by atoms with Crippen LogP contribution in [-0.2, 0) is 0 Å². The highest BCUT2D eigenvalue weighted by Crippen LogP contribution is 2.44. The predicted molar refractivity (Wildman–Crippen MR) is 92.5 cm³/mol. The van der Waals surface area contributed by atoms with Crippen molar-refractivity contribution < 1.29 is 32.2 Å². The zero-order chi connectivity index (χ0) is 19.8. The second-order valence-electron chi connectivity index (χ2n) is 6.14. The molecule has 0 radical (unpaired) electrons. The van der Waals surface area contributed by atoms with Gasteiger partial charge in [0.15, 0.2) is 11.5 Å². The minimum atomic E-state index is -4.29. The number of alkyl halides is 3. The average molecular weight is 381 g/mol. The first kappa shape index (κ1) is 18.9. The van der Waals surface area contributed by atoms with E-state index in [0.717, 1.165) is 6.08 Å². The SMILES string of the molecule is COc1ccc(-c2nc(C3=CC(C)C(C(F)(F)F)C=C3)co2)c(O)c1OC. The fourth-order valence-corrected chi connectivity index (χ4v) is 3.02. The second kappa shape index (κ2) is 7.02. The molecule has 0 saturated heterocycles. The molecule has 27 heavy (non-hydrogen) atoms. The highest BCUT2D eigenvalue weighted by molar-refractivity contribution is 5.76. The third kappa shape index (κ3) is 3.51. The Bertz CT molecular complexity index is 899. The monoisotopic (exact) mass is 381 g/mol. The molecular weight excluding hydrogens is 363 g/mol. The highest BCUT2D eigenvalue weighted by atomic mass is 19.4. The largest absolute Gasteiger partial charge is 0.504 e. The number of oxazole rings is 1. The van der Waals surface area contributed by atoms with Crippen LogP contribution in [0.3, 0.4) is 0 Å². The van der Waals surface area contributed by atoms with Crippen molar-refractivity contribution >= 4 is 5.57 Å². The molecule has 1 aromatic heterocycles. The second-order valence-corrected chi connectivity index (χ2v) is 6.14. The Morgan fingerprint density at radius 2 is 1.93 bits per heavy atom. The molecule has 1 N–H and O–H groups in total. The number of methoxy groups -OCH3 is 2. The van der Waals surface area contributed by atoms with Crippen molar-refractivity contribution in [3.63, 3.8) is 0 Å². The van der Waals surface area contributed by atoms with Crippen LogP contribution in [0.25, 0.3) is 17.0 Å². The number of hydrogen-bond donors (Lipinski definition) is 1. The summed E-state index contributed by atoms with van der Waals surface area (Å²) in [6.45, 7) is 1.50. The van der Waals surface area contributed by atoms with E-state index in [2.05, 4.69) is 4.98 Å². The Balaban J connectivity index is 1.92. The zero-order valence-electron chi connectivity index (χ0n) is 14.9. The van der Waals surface area contributed by atoms with Crippen LogP contribution >= 0.6 is 0 Å². The zero-order valence-corrected chi connectivity index (χ0v) is 14.9. The molecule has 0 aliphatic heterocycles. The minimum absolute atomic E-state index is 0.114. The van der Waals surface area contributed by atoms with Crippen LogP contribution in [0.1, 0.15) is 12.6 Å². The molecular formula is C19H18F3NO4. The van der Waals surface area contributed by atoms with Gasteiger partial charge in [-0.1, -0.05) is 25.2 Å². The summed E-state index contributed by atoms with van der Waals surface area (Å²) in [4.78, 5) is 4.29. The summed E-state index contributed by atoms with van der Waals surface area (Å²) in [7, 11) is 2.83. The lowest BCUT2D eigenvalue weighted by Crippen LogP contribution is -2.27. The van der Waals surface area contributed by atoms with E-state index in [4.69, 9.17) is 13.9 Å². The van der Waals surface area contributed by atoms with E-state index in [0.29, 0.717) is 17.0 Å². The van der Waals surface area contributed by atoms with Crippen LogP contribution in [0.4, 0.5) is 13.2 Å². The Morgan fingerprint density at radius 3 is 2.52 bits per heavy atom. The standard InChI is InChI=1S/C19H18F3NO4/c1-10-8-11(4-6-13(10)19(20,21)22)14-9-27-18(23-14)12-5-7-15(25-2)17(26-3)16(12)24/h4-10,13,24H,1-3H3. The van der Waals surface area contributed by atoms with Crippen LogP contribution in [0.2, 0.25) is 0 Å². The third-order valence-corrected chi connectivity index (χ3v) is 4.42. The first-order chi connectivity index (χ1) is 12.8. The smallest absolute Gasteiger partial charge is 0.395 e. The van der Waals surface area contributed by atoms with Gasteiger partial charge in [-0.2, -0.15) is 13.2 Å². The number of benzene rings is 1. The van der Waals surface area contributed by atoms with E-state index in [9.17, 15) is 18.3 Å². The van der Waals surface area contributed by atoms with Crippen molar-refractivity contribution in [3.05, 3.63) is 42.3 Å². The molecule has 3 rings (SSSR count). The van der Waals surface area contributed by atoms with Gasteiger partial charge < -0.3 is 19.0 Å². The van der Waals surface area contributed by atoms with Gasteiger partial charge in [-0.25, -0.2) is 4.98 Å². The first-order valence-electron chi connectivity index (χ1n) is 8.13. The lowest BCUT2D eigenvalue weighted by atomic mass is 9.86. The van der Waals surface area contributed by atoms with E-state index in [1.165, 1.54) is 39.6 Å². The number of aromatic nitrogens is 1. The molecule has 1 aromatic carbocycles. The number of allylic oxidation sites excluding steroid dienone is 4. The van der Waals surface area contributed by atoms with Crippen molar-refractivity contribution in [1.82, 2.24) is 4.98 Å². The average Bonchev–Trinajstić information content (AvgIpc) is 3.09. The number of halogens is 3. The van der Waals surface area contributed by atoms with Gasteiger partial charge in [-0.3, -0.25) is 0 Å². The molecule has 1 heterocycles. The van der Waals surface area contributed by atoms with Crippen LogP contribution in [0.15, 0.2) is 41.0 Å². The summed E-state index contributed by atoms with van der Waals surface area (Å²) < 4.78 is 54.6. The fourth-order valence-electron chi connectivity index (χ4n) is 3.02. The van der Waals surface area contributed by atoms with Crippen molar-refractivity contribution in [2.24, 2.45) is 11.8 Å². The van der Waals surface area contributed by atoms with Crippen molar-refractivity contribution in [2.45, 2.75) is 13.1 Å². The molecule has 0 spiro atoms. The Morgan fingerprint density at radius 1 is 1.19 bits per heavy atom. The third-order valence-electron chi connectivity index (χ3n) is 4.42. The summed E-state index contributed by atoms with van der Waals surface area (Å²) in [6.07, 6.45) is 1.06. The molecule has 144 valence electrons. The summed E-state index contributed by atoms with van der Waals surface area (Å²) >= 11 is 0. The number of hydrogen-bond acceptors (Lipinski definition) is 5. The quantitative estimate of drug-likeness (QED) is 0.822. The molecule has 2 atom stereocenters.